The van der Waals surface area contributed by atoms with Gasteiger partial charge in [-0.05, 0) is 25.0 Å². The molecule has 1 amide bonds. The van der Waals surface area contributed by atoms with Gasteiger partial charge >= 0.3 is 5.97 Å². The summed E-state index contributed by atoms with van der Waals surface area (Å²) in [6.07, 6.45) is 2.57. The summed E-state index contributed by atoms with van der Waals surface area (Å²) in [6.45, 7) is 3.48. The number of amides is 1. The van der Waals surface area contributed by atoms with Crippen molar-refractivity contribution >= 4 is 23.6 Å². The molecule has 1 aliphatic heterocycles. The quantitative estimate of drug-likeness (QED) is 0.555. The highest BCUT2D eigenvalue weighted by Gasteiger charge is 2.27. The maximum Gasteiger partial charge on any atom is 0.308 e. The van der Waals surface area contributed by atoms with E-state index in [4.69, 9.17) is 4.74 Å². The van der Waals surface area contributed by atoms with E-state index in [-0.39, 0.29) is 17.8 Å². The number of methoxy groups -OCH3 is 1. The average molecular weight is 259 g/mol. The molecule has 0 unspecified atom stereocenters. The van der Waals surface area contributed by atoms with Crippen molar-refractivity contribution in [2.75, 3.05) is 31.7 Å². The molecular weight excluding hydrogens is 238 g/mol. The molecule has 0 saturated carbocycles. The number of nitrogens with zero attached hydrogens (tertiary/aromatic N) is 1. The Morgan fingerprint density at radius 3 is 2.53 bits per heavy atom. The van der Waals surface area contributed by atoms with Gasteiger partial charge < -0.3 is 9.64 Å². The first kappa shape index (κ1) is 14.4. The number of hydrogen-bond acceptors (Lipinski definition) is 4. The summed E-state index contributed by atoms with van der Waals surface area (Å²) < 4.78 is 4.72. The summed E-state index contributed by atoms with van der Waals surface area (Å²) in [7, 11) is 1.42. The van der Waals surface area contributed by atoms with Crippen LogP contribution in [-0.4, -0.2) is 48.5 Å². The number of carbonyl (C=O) groups is 2. The van der Waals surface area contributed by atoms with Crippen molar-refractivity contribution in [3.05, 3.63) is 0 Å². The second-order valence-electron chi connectivity index (χ2n) is 4.23. The van der Waals surface area contributed by atoms with Crippen molar-refractivity contribution in [1.29, 1.82) is 0 Å². The van der Waals surface area contributed by atoms with Gasteiger partial charge in [0, 0.05) is 13.1 Å². The second kappa shape index (κ2) is 7.58. The van der Waals surface area contributed by atoms with Gasteiger partial charge in [0.1, 0.15) is 0 Å². The lowest BCUT2D eigenvalue weighted by Gasteiger charge is -2.30. The van der Waals surface area contributed by atoms with E-state index in [0.29, 0.717) is 18.8 Å². The minimum absolute atomic E-state index is 0.0210. The molecule has 1 heterocycles. The number of carbonyl (C=O) groups excluding carboxylic acids is 2. The molecule has 0 spiro atoms. The van der Waals surface area contributed by atoms with Crippen LogP contribution in [0.4, 0.5) is 0 Å². The Labute approximate surface area is 107 Å². The highest BCUT2D eigenvalue weighted by atomic mass is 32.2. The average Bonchev–Trinajstić information content (AvgIpc) is 2.38. The molecule has 0 atom stereocenters. The molecule has 0 N–H and O–H groups in total. The summed E-state index contributed by atoms with van der Waals surface area (Å²) in [4.78, 5) is 25.0. The first-order valence-electron chi connectivity index (χ1n) is 6.12. The number of rotatable bonds is 5. The largest absolute Gasteiger partial charge is 0.469 e. The normalized spacial score (nSPS) is 16.9. The highest BCUT2D eigenvalue weighted by Crippen LogP contribution is 2.19. The Balaban J connectivity index is 2.26. The summed E-state index contributed by atoms with van der Waals surface area (Å²) in [5, 5.41) is 0. The molecular formula is C12H21NO3S. The first-order chi connectivity index (χ1) is 8.19. The van der Waals surface area contributed by atoms with Gasteiger partial charge in [0.15, 0.2) is 0 Å². The van der Waals surface area contributed by atoms with E-state index >= 15 is 0 Å². The Kier molecular flexibility index (Phi) is 6.40. The van der Waals surface area contributed by atoms with Crippen LogP contribution in [0.3, 0.4) is 0 Å². The van der Waals surface area contributed by atoms with Crippen molar-refractivity contribution < 1.29 is 14.3 Å². The van der Waals surface area contributed by atoms with Gasteiger partial charge in [0.2, 0.25) is 5.91 Å². The first-order valence-corrected chi connectivity index (χ1v) is 7.27. The Morgan fingerprint density at radius 2 is 2.00 bits per heavy atom. The predicted molar refractivity (Wildman–Crippen MR) is 68.9 cm³/mol. The molecule has 0 aromatic heterocycles. The van der Waals surface area contributed by atoms with Gasteiger partial charge in [-0.15, -0.1) is 0 Å². The third kappa shape index (κ3) is 4.58. The molecule has 17 heavy (non-hydrogen) atoms. The Hall–Kier alpha value is -0.710. The van der Waals surface area contributed by atoms with Crippen molar-refractivity contribution in [3.8, 4) is 0 Å². The molecule has 0 aromatic carbocycles. The zero-order valence-electron chi connectivity index (χ0n) is 10.6. The molecule has 98 valence electrons. The third-order valence-electron chi connectivity index (χ3n) is 2.96. The third-order valence-corrected chi connectivity index (χ3v) is 4.10. The van der Waals surface area contributed by atoms with Gasteiger partial charge in [-0.2, -0.15) is 11.8 Å². The van der Waals surface area contributed by atoms with E-state index in [1.807, 2.05) is 4.90 Å². The summed E-state index contributed by atoms with van der Waals surface area (Å²) in [5.74, 6) is 1.64. The van der Waals surface area contributed by atoms with E-state index in [2.05, 4.69) is 6.92 Å². The molecule has 1 rings (SSSR count). The van der Waals surface area contributed by atoms with Gasteiger partial charge in [-0.3, -0.25) is 9.59 Å². The van der Waals surface area contributed by atoms with Crippen LogP contribution in [-0.2, 0) is 14.3 Å². The van der Waals surface area contributed by atoms with Crippen LogP contribution in [0.25, 0.3) is 0 Å². The molecule has 1 fully saturated rings. The zero-order chi connectivity index (χ0) is 12.7. The summed E-state index contributed by atoms with van der Waals surface area (Å²) >= 11 is 1.68. The molecule has 0 radical (unpaired) electrons. The molecule has 0 aromatic rings. The topological polar surface area (TPSA) is 46.6 Å². The fraction of sp³-hybridized carbons (Fsp3) is 0.833. The van der Waals surface area contributed by atoms with E-state index in [1.54, 1.807) is 11.8 Å². The standard InChI is InChI=1S/C12H21NO3S/c1-3-8-17-9-11(14)13-6-4-10(5-7-13)12(15)16-2/h10H,3-9H2,1-2H3. The minimum atomic E-state index is -0.141. The number of thioether (sulfide) groups is 1. The minimum Gasteiger partial charge on any atom is -0.469 e. The van der Waals surface area contributed by atoms with Crippen LogP contribution >= 0.6 is 11.8 Å². The fourth-order valence-electron chi connectivity index (χ4n) is 1.93. The summed E-state index contributed by atoms with van der Waals surface area (Å²) in [5.41, 5.74) is 0. The van der Waals surface area contributed by atoms with Crippen molar-refractivity contribution in [2.24, 2.45) is 5.92 Å². The van der Waals surface area contributed by atoms with E-state index in [1.165, 1.54) is 7.11 Å². The molecule has 4 nitrogen and oxygen atoms in total. The monoisotopic (exact) mass is 259 g/mol. The van der Waals surface area contributed by atoms with Gasteiger partial charge in [0.25, 0.3) is 0 Å². The van der Waals surface area contributed by atoms with Crippen LogP contribution in [0, 0.1) is 5.92 Å². The van der Waals surface area contributed by atoms with Crippen LogP contribution in [0.2, 0.25) is 0 Å². The lowest BCUT2D eigenvalue weighted by Crippen LogP contribution is -2.41. The van der Waals surface area contributed by atoms with E-state index in [9.17, 15) is 9.59 Å². The molecule has 1 aliphatic rings. The second-order valence-corrected chi connectivity index (χ2v) is 5.34. The maximum absolute atomic E-state index is 11.8. The summed E-state index contributed by atoms with van der Waals surface area (Å²) in [6, 6.07) is 0. The number of esters is 1. The van der Waals surface area contributed by atoms with Crippen LogP contribution in [0.1, 0.15) is 26.2 Å². The van der Waals surface area contributed by atoms with Crippen molar-refractivity contribution in [2.45, 2.75) is 26.2 Å². The smallest absolute Gasteiger partial charge is 0.308 e. The number of hydrogen-bond donors (Lipinski definition) is 0. The molecule has 5 heteroatoms. The number of ether oxygens (including phenoxy) is 1. The maximum atomic E-state index is 11.8. The Morgan fingerprint density at radius 1 is 1.35 bits per heavy atom. The lowest BCUT2D eigenvalue weighted by molar-refractivity contribution is -0.148. The van der Waals surface area contributed by atoms with E-state index in [0.717, 1.165) is 25.0 Å². The molecule has 1 saturated heterocycles. The zero-order valence-corrected chi connectivity index (χ0v) is 11.4. The van der Waals surface area contributed by atoms with Crippen molar-refractivity contribution in [3.63, 3.8) is 0 Å². The van der Waals surface area contributed by atoms with Crippen LogP contribution < -0.4 is 0 Å². The van der Waals surface area contributed by atoms with Gasteiger partial charge in [-0.1, -0.05) is 6.92 Å². The fourth-order valence-corrected chi connectivity index (χ4v) is 2.72. The van der Waals surface area contributed by atoms with Crippen molar-refractivity contribution in [1.82, 2.24) is 4.90 Å². The highest BCUT2D eigenvalue weighted by molar-refractivity contribution is 7.99. The molecule has 0 bridgehead atoms. The molecule has 0 aliphatic carbocycles. The van der Waals surface area contributed by atoms with E-state index < -0.39 is 0 Å². The van der Waals surface area contributed by atoms with Gasteiger partial charge in [0.05, 0.1) is 18.8 Å². The number of likely N-dealkylation sites (tertiary alicyclic amines) is 1. The SMILES string of the molecule is CCCSCC(=O)N1CCC(C(=O)OC)CC1. The number of piperidine rings is 1. The lowest BCUT2D eigenvalue weighted by atomic mass is 9.97. The van der Waals surface area contributed by atoms with Crippen LogP contribution in [0.15, 0.2) is 0 Å². The Bertz CT molecular complexity index is 262. The van der Waals surface area contributed by atoms with Crippen LogP contribution in [0.5, 0.6) is 0 Å². The van der Waals surface area contributed by atoms with Gasteiger partial charge in [-0.25, -0.2) is 0 Å². The predicted octanol–water partition coefficient (Wildman–Crippen LogP) is 1.54.